The molecule has 4 nitrogen and oxygen atoms in total. The number of hydrogen-bond donors (Lipinski definition) is 1. The molecule has 0 bridgehead atoms. The zero-order valence-corrected chi connectivity index (χ0v) is 31.9. The average Bonchev–Trinajstić information content (AvgIpc) is 3.71. The van der Waals surface area contributed by atoms with Gasteiger partial charge in [-0.15, -0.1) is 0 Å². The summed E-state index contributed by atoms with van der Waals surface area (Å²) >= 11 is 0. The maximum atomic E-state index is 6.79. The number of rotatable bonds is 5. The van der Waals surface area contributed by atoms with Crippen molar-refractivity contribution in [3.05, 3.63) is 217 Å². The Labute approximate surface area is 340 Å². The first-order valence-electron chi connectivity index (χ1n) is 20.1. The van der Waals surface area contributed by atoms with Gasteiger partial charge in [0.1, 0.15) is 23.2 Å². The summed E-state index contributed by atoms with van der Waals surface area (Å²) in [6.07, 6.45) is -0.412. The number of nitrogens with one attached hydrogen (secondary N) is 1. The quantitative estimate of drug-likeness (QED) is 0.178. The van der Waals surface area contributed by atoms with E-state index in [9.17, 15) is 0 Å². The molecule has 12 rings (SSSR count). The summed E-state index contributed by atoms with van der Waals surface area (Å²) in [4.78, 5) is 10.9. The number of fused-ring (bicyclic) bond motifs is 9. The second-order valence-electron chi connectivity index (χ2n) is 15.3. The molecule has 59 heavy (non-hydrogen) atoms. The van der Waals surface area contributed by atoms with E-state index >= 15 is 0 Å². The number of aliphatic imine (C=N–C) groups is 2. The number of benzene rings is 10. The van der Waals surface area contributed by atoms with Crippen LogP contribution in [0.4, 0.5) is 0 Å². The molecule has 4 heteroatoms. The molecule has 1 aliphatic rings. The van der Waals surface area contributed by atoms with Crippen molar-refractivity contribution >= 4 is 76.7 Å². The van der Waals surface area contributed by atoms with E-state index in [1.807, 2.05) is 18.2 Å². The summed E-state index contributed by atoms with van der Waals surface area (Å²) < 4.78 is 6.79. The molecule has 0 saturated carbocycles. The van der Waals surface area contributed by atoms with Crippen molar-refractivity contribution < 1.29 is 4.42 Å². The Morgan fingerprint density at radius 1 is 0.407 bits per heavy atom. The highest BCUT2D eigenvalue weighted by atomic mass is 16.3. The molecule has 10 aromatic carbocycles. The zero-order valence-electron chi connectivity index (χ0n) is 31.9. The van der Waals surface area contributed by atoms with Gasteiger partial charge in [-0.05, 0) is 95.7 Å². The zero-order chi connectivity index (χ0) is 38.9. The van der Waals surface area contributed by atoms with Gasteiger partial charge in [0.25, 0.3) is 0 Å². The minimum absolute atomic E-state index is 0.412. The van der Waals surface area contributed by atoms with Crippen LogP contribution in [-0.2, 0) is 0 Å². The second kappa shape index (κ2) is 13.4. The third-order valence-corrected chi connectivity index (χ3v) is 11.9. The van der Waals surface area contributed by atoms with Gasteiger partial charge in [0.2, 0.25) is 0 Å². The van der Waals surface area contributed by atoms with Gasteiger partial charge < -0.3 is 9.73 Å². The van der Waals surface area contributed by atoms with Crippen LogP contribution in [0.3, 0.4) is 0 Å². The Bertz CT molecular complexity index is 3520. The van der Waals surface area contributed by atoms with E-state index < -0.39 is 6.17 Å². The van der Waals surface area contributed by atoms with Gasteiger partial charge in [0, 0.05) is 27.5 Å². The van der Waals surface area contributed by atoms with E-state index in [0.717, 1.165) is 66.4 Å². The number of para-hydroxylation sites is 1. The third-order valence-electron chi connectivity index (χ3n) is 11.9. The van der Waals surface area contributed by atoms with Gasteiger partial charge in [-0.1, -0.05) is 170 Å². The Hall–Kier alpha value is -7.82. The fraction of sp³-hybridized carbons (Fsp3) is 0.0182. The lowest BCUT2D eigenvalue weighted by atomic mass is 9.95. The van der Waals surface area contributed by atoms with Gasteiger partial charge in [-0.2, -0.15) is 0 Å². The SMILES string of the molecule is c1ccc(-c2ccc(-c3ccc(C4=NC(c5cc6ccccc6c6ccccc56)=NC(c5ccc6ccc7ccccc7c6c5)N4)c4c3oc3ccccc34)cc2)cc1. The monoisotopic (exact) mass is 753 g/mol. The molecule has 1 unspecified atom stereocenters. The fourth-order valence-corrected chi connectivity index (χ4v) is 9.03. The summed E-state index contributed by atoms with van der Waals surface area (Å²) in [5, 5.41) is 15.4. The van der Waals surface area contributed by atoms with Crippen molar-refractivity contribution in [2.45, 2.75) is 6.17 Å². The van der Waals surface area contributed by atoms with Gasteiger partial charge in [0.05, 0.1) is 0 Å². The van der Waals surface area contributed by atoms with Crippen LogP contribution in [-0.4, -0.2) is 11.7 Å². The molecule has 1 atom stereocenters. The van der Waals surface area contributed by atoms with Crippen LogP contribution in [0.2, 0.25) is 0 Å². The van der Waals surface area contributed by atoms with Crippen molar-refractivity contribution in [1.82, 2.24) is 5.32 Å². The fourth-order valence-electron chi connectivity index (χ4n) is 9.03. The summed E-state index contributed by atoms with van der Waals surface area (Å²) in [6, 6.07) is 71.0. The first kappa shape index (κ1) is 33.3. The molecule has 0 spiro atoms. The predicted molar refractivity (Wildman–Crippen MR) is 246 cm³/mol. The number of amidine groups is 2. The first-order valence-corrected chi connectivity index (χ1v) is 20.1. The molecule has 0 aliphatic carbocycles. The molecule has 276 valence electrons. The molecular formula is C55H35N3O. The largest absolute Gasteiger partial charge is 0.455 e. The van der Waals surface area contributed by atoms with Crippen molar-refractivity contribution in [1.29, 1.82) is 0 Å². The minimum Gasteiger partial charge on any atom is -0.455 e. The molecule has 2 heterocycles. The van der Waals surface area contributed by atoms with Crippen LogP contribution >= 0.6 is 0 Å². The Balaban J connectivity index is 1.07. The average molecular weight is 754 g/mol. The summed E-state index contributed by atoms with van der Waals surface area (Å²) in [5.41, 5.74) is 9.17. The molecular weight excluding hydrogens is 719 g/mol. The van der Waals surface area contributed by atoms with E-state index in [-0.39, 0.29) is 0 Å². The van der Waals surface area contributed by atoms with Crippen LogP contribution in [0.5, 0.6) is 0 Å². The second-order valence-corrected chi connectivity index (χ2v) is 15.3. The molecule has 0 fully saturated rings. The van der Waals surface area contributed by atoms with Gasteiger partial charge in [0.15, 0.2) is 5.84 Å². The molecule has 1 aromatic heterocycles. The van der Waals surface area contributed by atoms with E-state index in [4.69, 9.17) is 14.4 Å². The van der Waals surface area contributed by atoms with Crippen molar-refractivity contribution in [2.75, 3.05) is 0 Å². The van der Waals surface area contributed by atoms with Crippen LogP contribution in [0, 0.1) is 0 Å². The van der Waals surface area contributed by atoms with E-state index in [2.05, 4.69) is 187 Å². The van der Waals surface area contributed by atoms with Crippen LogP contribution < -0.4 is 5.32 Å². The van der Waals surface area contributed by atoms with Gasteiger partial charge in [-0.3, -0.25) is 0 Å². The molecule has 0 saturated heterocycles. The molecule has 1 N–H and O–H groups in total. The minimum atomic E-state index is -0.412. The maximum absolute atomic E-state index is 6.79. The topological polar surface area (TPSA) is 49.9 Å². The van der Waals surface area contributed by atoms with Gasteiger partial charge >= 0.3 is 0 Å². The van der Waals surface area contributed by atoms with Crippen molar-refractivity contribution in [3.63, 3.8) is 0 Å². The predicted octanol–water partition coefficient (Wildman–Crippen LogP) is 14.0. The highest BCUT2D eigenvalue weighted by Crippen LogP contribution is 2.40. The van der Waals surface area contributed by atoms with Crippen molar-refractivity contribution in [2.24, 2.45) is 9.98 Å². The summed E-state index contributed by atoms with van der Waals surface area (Å²) in [5.74, 6) is 1.43. The van der Waals surface area contributed by atoms with Crippen LogP contribution in [0.25, 0.3) is 87.3 Å². The Morgan fingerprint density at radius 3 is 1.81 bits per heavy atom. The smallest absolute Gasteiger partial charge is 0.160 e. The molecule has 0 amide bonds. The van der Waals surface area contributed by atoms with Crippen LogP contribution in [0.1, 0.15) is 22.9 Å². The third kappa shape index (κ3) is 5.53. The molecule has 1 aliphatic heterocycles. The number of furan rings is 1. The summed E-state index contributed by atoms with van der Waals surface area (Å²) in [6.45, 7) is 0. The number of hydrogen-bond acceptors (Lipinski definition) is 4. The lowest BCUT2D eigenvalue weighted by Crippen LogP contribution is -2.33. The molecule has 0 radical (unpaired) electrons. The highest BCUT2D eigenvalue weighted by molar-refractivity contribution is 6.26. The maximum Gasteiger partial charge on any atom is 0.160 e. The summed E-state index contributed by atoms with van der Waals surface area (Å²) in [7, 11) is 0. The first-order chi connectivity index (χ1) is 29.2. The van der Waals surface area contributed by atoms with E-state index in [0.29, 0.717) is 5.84 Å². The normalized spacial score (nSPS) is 14.3. The Morgan fingerprint density at radius 2 is 1.00 bits per heavy atom. The van der Waals surface area contributed by atoms with Crippen molar-refractivity contribution in [3.8, 4) is 22.3 Å². The van der Waals surface area contributed by atoms with Gasteiger partial charge in [-0.25, -0.2) is 9.98 Å². The lowest BCUT2D eigenvalue weighted by Gasteiger charge is -2.25. The van der Waals surface area contributed by atoms with E-state index in [1.165, 1.54) is 43.4 Å². The lowest BCUT2D eigenvalue weighted by molar-refractivity contribution is 0.669. The Kier molecular flexibility index (Phi) is 7.57. The van der Waals surface area contributed by atoms with Crippen LogP contribution in [0.15, 0.2) is 215 Å². The highest BCUT2D eigenvalue weighted by Gasteiger charge is 2.26. The number of nitrogens with zero attached hydrogens (tertiary/aromatic N) is 2. The molecule has 11 aromatic rings. The van der Waals surface area contributed by atoms with E-state index in [1.54, 1.807) is 0 Å². The standard InChI is InChI=1S/C55H35N3O/c1-2-12-34(13-3-1)35-22-24-37(25-23-35)43-30-31-47(51-46-20-10-11-21-50(46)59-52(43)51)54-56-53(40-29-28-38-27-26-36-14-4-6-16-41(36)48(38)33-40)57-55(58-54)49-32-39-15-5-7-17-42(39)44-18-8-9-19-45(44)49/h1-33,53H,(H,56,57,58).